The zero-order chi connectivity index (χ0) is 18.7. The standard InChI is InChI=1S/C22H27NO3/c1-15(2)18-8-9-19(20(24)14-18)22(26)23-12-10-17(11-13-23)21(25)16-6-4-3-5-7-16/h3-9,14-15,17,21,24-25H,10-13H2,1-2H3. The Balaban J connectivity index is 1.64. The molecule has 3 rings (SSSR count). The lowest BCUT2D eigenvalue weighted by Crippen LogP contribution is -2.39. The SMILES string of the molecule is CC(C)c1ccc(C(=O)N2CCC(C(O)c3ccccc3)CC2)c(O)c1. The highest BCUT2D eigenvalue weighted by Crippen LogP contribution is 2.32. The molecule has 26 heavy (non-hydrogen) atoms. The Kier molecular flexibility index (Phi) is 5.62. The predicted molar refractivity (Wildman–Crippen MR) is 102 cm³/mol. The number of aromatic hydroxyl groups is 1. The minimum absolute atomic E-state index is 0.0487. The Morgan fingerprint density at radius 3 is 2.27 bits per heavy atom. The first-order valence-corrected chi connectivity index (χ1v) is 9.32. The largest absolute Gasteiger partial charge is 0.507 e. The summed E-state index contributed by atoms with van der Waals surface area (Å²) in [7, 11) is 0. The fourth-order valence-electron chi connectivity index (χ4n) is 3.60. The van der Waals surface area contributed by atoms with Gasteiger partial charge in [-0.1, -0.05) is 50.2 Å². The molecule has 0 spiro atoms. The van der Waals surface area contributed by atoms with Crippen molar-refractivity contribution in [3.05, 3.63) is 65.2 Å². The average molecular weight is 353 g/mol. The number of aliphatic hydroxyl groups excluding tert-OH is 1. The van der Waals surface area contributed by atoms with Crippen LogP contribution in [0.25, 0.3) is 0 Å². The molecule has 1 aliphatic rings. The van der Waals surface area contributed by atoms with Gasteiger partial charge in [0.25, 0.3) is 5.91 Å². The van der Waals surface area contributed by atoms with Crippen LogP contribution in [0.5, 0.6) is 5.75 Å². The van der Waals surface area contributed by atoms with E-state index in [0.717, 1.165) is 24.0 Å². The first-order valence-electron chi connectivity index (χ1n) is 9.32. The van der Waals surface area contributed by atoms with Crippen LogP contribution in [0.1, 0.15) is 60.2 Å². The van der Waals surface area contributed by atoms with E-state index in [9.17, 15) is 15.0 Å². The number of phenols is 1. The number of carbonyl (C=O) groups excluding carboxylic acids is 1. The normalized spacial score (nSPS) is 16.7. The van der Waals surface area contributed by atoms with Crippen LogP contribution in [-0.4, -0.2) is 34.1 Å². The fraction of sp³-hybridized carbons (Fsp3) is 0.409. The van der Waals surface area contributed by atoms with Crippen LogP contribution < -0.4 is 0 Å². The zero-order valence-corrected chi connectivity index (χ0v) is 15.4. The summed E-state index contributed by atoms with van der Waals surface area (Å²) in [6.07, 6.45) is 1.02. The van der Waals surface area contributed by atoms with Gasteiger partial charge in [0, 0.05) is 13.1 Å². The van der Waals surface area contributed by atoms with Gasteiger partial charge < -0.3 is 15.1 Å². The molecule has 0 bridgehead atoms. The van der Waals surface area contributed by atoms with Gasteiger partial charge in [0.1, 0.15) is 5.75 Å². The molecule has 0 aliphatic carbocycles. The van der Waals surface area contributed by atoms with Gasteiger partial charge in [-0.2, -0.15) is 0 Å². The maximum absolute atomic E-state index is 12.8. The van der Waals surface area contributed by atoms with Gasteiger partial charge in [0.15, 0.2) is 0 Å². The molecule has 0 radical (unpaired) electrons. The van der Waals surface area contributed by atoms with Gasteiger partial charge in [-0.3, -0.25) is 4.79 Å². The van der Waals surface area contributed by atoms with Gasteiger partial charge in [-0.05, 0) is 47.9 Å². The Labute approximate surface area is 155 Å². The molecule has 1 amide bonds. The summed E-state index contributed by atoms with van der Waals surface area (Å²) in [5.41, 5.74) is 2.30. The Morgan fingerprint density at radius 2 is 1.69 bits per heavy atom. The number of carbonyl (C=O) groups is 1. The minimum Gasteiger partial charge on any atom is -0.507 e. The number of nitrogens with zero attached hydrogens (tertiary/aromatic N) is 1. The molecule has 1 saturated heterocycles. The third-order valence-corrected chi connectivity index (χ3v) is 5.33. The lowest BCUT2D eigenvalue weighted by molar-refractivity contribution is 0.0460. The van der Waals surface area contributed by atoms with E-state index in [1.54, 1.807) is 17.0 Å². The smallest absolute Gasteiger partial charge is 0.257 e. The maximum Gasteiger partial charge on any atom is 0.257 e. The fourth-order valence-corrected chi connectivity index (χ4v) is 3.60. The van der Waals surface area contributed by atoms with Crippen molar-refractivity contribution in [3.63, 3.8) is 0 Å². The zero-order valence-electron chi connectivity index (χ0n) is 15.4. The molecule has 1 atom stereocenters. The molecular weight excluding hydrogens is 326 g/mol. The topological polar surface area (TPSA) is 60.8 Å². The van der Waals surface area contributed by atoms with Crippen molar-refractivity contribution in [2.24, 2.45) is 5.92 Å². The van der Waals surface area contributed by atoms with Gasteiger partial charge in [0.05, 0.1) is 11.7 Å². The van der Waals surface area contributed by atoms with E-state index < -0.39 is 6.10 Å². The molecule has 1 heterocycles. The third kappa shape index (κ3) is 3.91. The monoisotopic (exact) mass is 353 g/mol. The number of aliphatic hydroxyl groups is 1. The second-order valence-corrected chi connectivity index (χ2v) is 7.42. The van der Waals surface area contributed by atoms with Gasteiger partial charge >= 0.3 is 0 Å². The van der Waals surface area contributed by atoms with Gasteiger partial charge in [-0.15, -0.1) is 0 Å². The first kappa shape index (κ1) is 18.5. The summed E-state index contributed by atoms with van der Waals surface area (Å²) < 4.78 is 0. The molecule has 0 saturated carbocycles. The van der Waals surface area contributed by atoms with Crippen molar-refractivity contribution in [1.82, 2.24) is 4.90 Å². The second-order valence-electron chi connectivity index (χ2n) is 7.42. The average Bonchev–Trinajstić information content (AvgIpc) is 2.67. The maximum atomic E-state index is 12.8. The molecule has 4 heteroatoms. The molecule has 1 fully saturated rings. The number of likely N-dealkylation sites (tertiary alicyclic amines) is 1. The van der Waals surface area contributed by atoms with E-state index in [4.69, 9.17) is 0 Å². The Hall–Kier alpha value is -2.33. The summed E-state index contributed by atoms with van der Waals surface area (Å²) in [6.45, 7) is 5.30. The molecule has 1 unspecified atom stereocenters. The van der Waals surface area contributed by atoms with Crippen LogP contribution in [-0.2, 0) is 0 Å². The van der Waals surface area contributed by atoms with Crippen molar-refractivity contribution in [2.75, 3.05) is 13.1 Å². The first-order chi connectivity index (χ1) is 12.5. The number of rotatable bonds is 4. The minimum atomic E-state index is -0.493. The molecular formula is C22H27NO3. The molecule has 2 N–H and O–H groups in total. The van der Waals surface area contributed by atoms with Crippen molar-refractivity contribution >= 4 is 5.91 Å². The number of hydrogen-bond acceptors (Lipinski definition) is 3. The third-order valence-electron chi connectivity index (χ3n) is 5.33. The summed E-state index contributed by atoms with van der Waals surface area (Å²) >= 11 is 0. The van der Waals surface area contributed by atoms with Crippen LogP contribution in [0, 0.1) is 5.92 Å². The number of piperidine rings is 1. The summed E-state index contributed by atoms with van der Waals surface area (Å²) in [5.74, 6) is 0.372. The predicted octanol–water partition coefficient (Wildman–Crippen LogP) is 4.10. The van der Waals surface area contributed by atoms with Crippen molar-refractivity contribution in [2.45, 2.75) is 38.7 Å². The lowest BCUT2D eigenvalue weighted by Gasteiger charge is -2.34. The van der Waals surface area contributed by atoms with E-state index in [-0.39, 0.29) is 17.6 Å². The molecule has 0 aromatic heterocycles. The van der Waals surface area contributed by atoms with E-state index in [2.05, 4.69) is 13.8 Å². The van der Waals surface area contributed by atoms with Crippen LogP contribution in [0.2, 0.25) is 0 Å². The van der Waals surface area contributed by atoms with Gasteiger partial charge in [-0.25, -0.2) is 0 Å². The highest BCUT2D eigenvalue weighted by molar-refractivity contribution is 5.97. The highest BCUT2D eigenvalue weighted by atomic mass is 16.3. The summed E-state index contributed by atoms with van der Waals surface area (Å²) in [4.78, 5) is 14.5. The molecule has 2 aromatic rings. The quantitative estimate of drug-likeness (QED) is 0.870. The lowest BCUT2D eigenvalue weighted by atomic mass is 9.87. The number of phenolic OH excluding ortho intramolecular Hbond substituents is 1. The number of amides is 1. The van der Waals surface area contributed by atoms with E-state index in [0.29, 0.717) is 24.6 Å². The van der Waals surface area contributed by atoms with Crippen molar-refractivity contribution in [3.8, 4) is 5.75 Å². The Bertz CT molecular complexity index is 749. The van der Waals surface area contributed by atoms with Crippen LogP contribution in [0.15, 0.2) is 48.5 Å². The van der Waals surface area contributed by atoms with E-state index in [1.165, 1.54) is 0 Å². The van der Waals surface area contributed by atoms with Crippen LogP contribution in [0.3, 0.4) is 0 Å². The van der Waals surface area contributed by atoms with E-state index in [1.807, 2.05) is 36.4 Å². The van der Waals surface area contributed by atoms with Gasteiger partial charge in [0.2, 0.25) is 0 Å². The van der Waals surface area contributed by atoms with Crippen molar-refractivity contribution in [1.29, 1.82) is 0 Å². The van der Waals surface area contributed by atoms with E-state index >= 15 is 0 Å². The summed E-state index contributed by atoms with van der Waals surface area (Å²) in [5, 5.41) is 20.8. The van der Waals surface area contributed by atoms with Crippen molar-refractivity contribution < 1.29 is 15.0 Å². The highest BCUT2D eigenvalue weighted by Gasteiger charge is 2.29. The van der Waals surface area contributed by atoms with Crippen LogP contribution in [0.4, 0.5) is 0 Å². The number of benzene rings is 2. The van der Waals surface area contributed by atoms with Crippen LogP contribution >= 0.6 is 0 Å². The second kappa shape index (κ2) is 7.92. The Morgan fingerprint density at radius 1 is 1.04 bits per heavy atom. The molecule has 4 nitrogen and oxygen atoms in total. The number of hydrogen-bond donors (Lipinski definition) is 2. The molecule has 2 aromatic carbocycles. The molecule has 1 aliphatic heterocycles. The summed E-state index contributed by atoms with van der Waals surface area (Å²) in [6, 6.07) is 15.0. The molecule has 138 valence electrons.